The lowest BCUT2D eigenvalue weighted by Crippen LogP contribution is -2.33. The second-order valence-corrected chi connectivity index (χ2v) is 7.44. The van der Waals surface area contributed by atoms with Crippen LogP contribution in [0.2, 0.25) is 0 Å². The number of β-amino-alcohol motifs (C(OH)–C–C–N with tert-alkyl or cyclic N) is 1. The molecule has 0 saturated carbocycles. The minimum Gasteiger partial charge on any atom is -0.494 e. The van der Waals surface area contributed by atoms with Gasteiger partial charge >= 0.3 is 0 Å². The van der Waals surface area contributed by atoms with Crippen molar-refractivity contribution in [2.45, 2.75) is 6.10 Å². The second-order valence-electron chi connectivity index (χ2n) is 5.22. The molecule has 1 aliphatic rings. The Kier molecular flexibility index (Phi) is 4.64. The van der Waals surface area contributed by atoms with Gasteiger partial charge in [-0.2, -0.15) is 0 Å². The number of sulfonamides is 1. The number of aliphatic hydroxyl groups excluding tert-OH is 1. The molecule has 118 valence electrons. The second kappa shape index (κ2) is 6.12. The maximum absolute atomic E-state index is 11.9. The predicted octanol–water partition coefficient (Wildman–Crippen LogP) is -0.826. The first-order valence-electron chi connectivity index (χ1n) is 6.52. The highest BCUT2D eigenvalue weighted by Gasteiger charge is 2.36. The molecule has 1 aliphatic heterocycles. The summed E-state index contributed by atoms with van der Waals surface area (Å²) in [4.78, 5) is 10.1. The van der Waals surface area contributed by atoms with Crippen molar-refractivity contribution in [3.8, 4) is 5.75 Å². The normalized spacial score (nSPS) is 22.8. The Bertz CT molecular complexity index is 575. The Morgan fingerprint density at radius 2 is 2.00 bits per heavy atom. The van der Waals surface area contributed by atoms with Crippen LogP contribution in [-0.4, -0.2) is 73.9 Å². The van der Waals surface area contributed by atoms with Gasteiger partial charge in [-0.25, -0.2) is 22.7 Å². The van der Waals surface area contributed by atoms with Crippen LogP contribution in [0.5, 0.6) is 5.75 Å². The Hall–Kier alpha value is -1.45. The summed E-state index contributed by atoms with van der Waals surface area (Å²) in [6.45, 7) is 0.723. The number of aromatic nitrogens is 2. The molecule has 0 spiro atoms. The topological polar surface area (TPSA) is 95.9 Å². The lowest BCUT2D eigenvalue weighted by atomic mass is 10.1. The summed E-state index contributed by atoms with van der Waals surface area (Å²) in [5.74, 6) is 0.557. The highest BCUT2D eigenvalue weighted by molar-refractivity contribution is 7.89. The highest BCUT2D eigenvalue weighted by atomic mass is 32.2. The minimum atomic E-state index is -3.34. The van der Waals surface area contributed by atoms with Crippen molar-refractivity contribution in [2.24, 2.45) is 5.92 Å². The van der Waals surface area contributed by atoms with Crippen LogP contribution >= 0.6 is 0 Å². The molecular weight excluding hydrogens is 296 g/mol. The van der Waals surface area contributed by atoms with E-state index in [1.54, 1.807) is 17.3 Å². The number of aliphatic hydroxyl groups is 1. The van der Waals surface area contributed by atoms with Gasteiger partial charge in [0.1, 0.15) is 0 Å². The van der Waals surface area contributed by atoms with Crippen molar-refractivity contribution in [2.75, 3.05) is 44.9 Å². The molecular formula is C12H20N4O4S. The van der Waals surface area contributed by atoms with Gasteiger partial charge in [-0.1, -0.05) is 0 Å². The van der Waals surface area contributed by atoms with Crippen molar-refractivity contribution in [1.29, 1.82) is 0 Å². The molecule has 21 heavy (non-hydrogen) atoms. The number of rotatable bonds is 5. The SMILES string of the molecule is COc1cnc(N2C[C@@H](CS(=O)(=O)N(C)C)[C@H](O)C2)nc1. The van der Waals surface area contributed by atoms with E-state index in [-0.39, 0.29) is 11.7 Å². The van der Waals surface area contributed by atoms with E-state index >= 15 is 0 Å². The van der Waals surface area contributed by atoms with E-state index in [2.05, 4.69) is 9.97 Å². The van der Waals surface area contributed by atoms with E-state index in [1.807, 2.05) is 0 Å². The van der Waals surface area contributed by atoms with Crippen molar-refractivity contribution in [1.82, 2.24) is 14.3 Å². The molecule has 2 rings (SSSR count). The van der Waals surface area contributed by atoms with Gasteiger partial charge in [0.15, 0.2) is 5.75 Å². The average Bonchev–Trinajstić information content (AvgIpc) is 2.79. The first-order valence-corrected chi connectivity index (χ1v) is 8.13. The molecule has 2 heterocycles. The number of methoxy groups -OCH3 is 1. The lowest BCUT2D eigenvalue weighted by Gasteiger charge is -2.17. The van der Waals surface area contributed by atoms with Crippen molar-refractivity contribution < 1.29 is 18.3 Å². The highest BCUT2D eigenvalue weighted by Crippen LogP contribution is 2.23. The molecule has 0 radical (unpaired) electrons. The molecule has 1 fully saturated rings. The number of anilines is 1. The smallest absolute Gasteiger partial charge is 0.225 e. The number of ether oxygens (including phenoxy) is 1. The summed E-state index contributed by atoms with van der Waals surface area (Å²) < 4.78 is 30.0. The van der Waals surface area contributed by atoms with Gasteiger partial charge < -0.3 is 14.7 Å². The maximum atomic E-state index is 11.9. The van der Waals surface area contributed by atoms with Crippen LogP contribution in [0.15, 0.2) is 12.4 Å². The number of hydrogen-bond donors (Lipinski definition) is 1. The van der Waals surface area contributed by atoms with Gasteiger partial charge in [0.25, 0.3) is 0 Å². The maximum Gasteiger partial charge on any atom is 0.225 e. The molecule has 0 bridgehead atoms. The first kappa shape index (κ1) is 15.9. The van der Waals surface area contributed by atoms with Crippen LogP contribution in [-0.2, 0) is 10.0 Å². The Morgan fingerprint density at radius 1 is 1.38 bits per heavy atom. The van der Waals surface area contributed by atoms with Crippen LogP contribution in [0.3, 0.4) is 0 Å². The molecule has 1 saturated heterocycles. The van der Waals surface area contributed by atoms with E-state index in [0.29, 0.717) is 24.8 Å². The van der Waals surface area contributed by atoms with Crippen molar-refractivity contribution in [3.05, 3.63) is 12.4 Å². The van der Waals surface area contributed by atoms with Crippen LogP contribution in [0.4, 0.5) is 5.95 Å². The van der Waals surface area contributed by atoms with Gasteiger partial charge in [0, 0.05) is 33.1 Å². The zero-order valence-electron chi connectivity index (χ0n) is 12.3. The van der Waals surface area contributed by atoms with Gasteiger partial charge in [0.05, 0.1) is 31.4 Å². The molecule has 1 aromatic rings. The summed E-state index contributed by atoms with van der Waals surface area (Å²) in [7, 11) is 1.16. The fraction of sp³-hybridized carbons (Fsp3) is 0.667. The van der Waals surface area contributed by atoms with Crippen LogP contribution in [0.25, 0.3) is 0 Å². The average molecular weight is 316 g/mol. The van der Waals surface area contributed by atoms with Gasteiger partial charge in [-0.3, -0.25) is 0 Å². The third-order valence-corrected chi connectivity index (χ3v) is 5.48. The van der Waals surface area contributed by atoms with Gasteiger partial charge in [-0.15, -0.1) is 0 Å². The lowest BCUT2D eigenvalue weighted by molar-refractivity contribution is 0.157. The predicted molar refractivity (Wildman–Crippen MR) is 77.8 cm³/mol. The number of nitrogens with zero attached hydrogens (tertiary/aromatic N) is 4. The van der Waals surface area contributed by atoms with Crippen LogP contribution in [0, 0.1) is 5.92 Å². The summed E-state index contributed by atoms with van der Waals surface area (Å²) in [6, 6.07) is 0. The monoisotopic (exact) mass is 316 g/mol. The van der Waals surface area contributed by atoms with Crippen molar-refractivity contribution >= 4 is 16.0 Å². The summed E-state index contributed by atoms with van der Waals surface area (Å²) in [6.07, 6.45) is 2.36. The molecule has 2 atom stereocenters. The van der Waals surface area contributed by atoms with E-state index in [4.69, 9.17) is 4.74 Å². The molecule has 0 unspecified atom stereocenters. The summed E-state index contributed by atoms with van der Waals surface area (Å²) in [5, 5.41) is 10.1. The molecule has 0 amide bonds. The Morgan fingerprint density at radius 3 is 2.52 bits per heavy atom. The van der Waals surface area contributed by atoms with Crippen LogP contribution in [0.1, 0.15) is 0 Å². The van der Waals surface area contributed by atoms with Crippen molar-refractivity contribution in [3.63, 3.8) is 0 Å². The molecule has 1 aromatic heterocycles. The Balaban J connectivity index is 2.06. The fourth-order valence-electron chi connectivity index (χ4n) is 2.18. The fourth-order valence-corrected chi connectivity index (χ4v) is 3.35. The number of hydrogen-bond acceptors (Lipinski definition) is 7. The molecule has 8 nitrogen and oxygen atoms in total. The summed E-state index contributed by atoms with van der Waals surface area (Å²) in [5.41, 5.74) is 0. The van der Waals surface area contributed by atoms with Crippen LogP contribution < -0.4 is 9.64 Å². The minimum absolute atomic E-state index is 0.0895. The molecule has 1 N–H and O–H groups in total. The van der Waals surface area contributed by atoms with E-state index < -0.39 is 16.1 Å². The van der Waals surface area contributed by atoms with Gasteiger partial charge in [0.2, 0.25) is 16.0 Å². The van der Waals surface area contributed by atoms with E-state index in [9.17, 15) is 13.5 Å². The quantitative estimate of drug-likeness (QED) is 0.757. The third kappa shape index (κ3) is 3.60. The standard InChI is InChI=1S/C12H20N4O4S/c1-15(2)21(18,19)8-9-6-16(7-11(9)17)12-13-4-10(20-3)5-14-12/h4-5,9,11,17H,6-8H2,1-3H3/t9-,11+/m0/s1. The summed E-state index contributed by atoms with van der Waals surface area (Å²) >= 11 is 0. The van der Waals surface area contributed by atoms with E-state index in [0.717, 1.165) is 0 Å². The van der Waals surface area contributed by atoms with E-state index in [1.165, 1.54) is 25.5 Å². The Labute approximate surface area is 124 Å². The molecule has 9 heteroatoms. The van der Waals surface area contributed by atoms with Gasteiger partial charge in [-0.05, 0) is 0 Å². The first-order chi connectivity index (χ1) is 9.83. The zero-order chi connectivity index (χ0) is 15.6. The third-order valence-electron chi connectivity index (χ3n) is 3.52. The molecule has 0 aliphatic carbocycles. The zero-order valence-corrected chi connectivity index (χ0v) is 13.1. The largest absolute Gasteiger partial charge is 0.494 e. The molecule has 0 aromatic carbocycles.